The zero-order valence-electron chi connectivity index (χ0n) is 10.2. The highest BCUT2D eigenvalue weighted by Gasteiger charge is 2.04. The van der Waals surface area contributed by atoms with Gasteiger partial charge in [-0.15, -0.1) is 0 Å². The third-order valence-corrected chi connectivity index (χ3v) is 3.15. The summed E-state index contributed by atoms with van der Waals surface area (Å²) in [5, 5.41) is 0. The van der Waals surface area contributed by atoms with Gasteiger partial charge in [0.15, 0.2) is 34.5 Å². The van der Waals surface area contributed by atoms with Crippen molar-refractivity contribution in [2.75, 3.05) is 6.61 Å². The lowest BCUT2D eigenvalue weighted by molar-refractivity contribution is 0.315. The lowest BCUT2D eigenvalue weighted by Gasteiger charge is -2.10. The number of aryl methyl sites for hydroxylation is 1. The maximum atomic E-state index is 5.76. The standard InChI is InChI=1S/C15H15IO2/c1-12-7-8-14(15(11-12)18-16)17-10-9-13-5-3-2-4-6-13/h2-8,11H,9-10H2,1H3. The van der Waals surface area contributed by atoms with E-state index in [0.717, 1.165) is 23.5 Å². The third-order valence-electron chi connectivity index (χ3n) is 2.67. The van der Waals surface area contributed by atoms with Crippen molar-refractivity contribution in [1.29, 1.82) is 0 Å². The highest BCUT2D eigenvalue weighted by atomic mass is 127. The Kier molecular flexibility index (Phi) is 4.87. The minimum Gasteiger partial charge on any atom is -0.489 e. The van der Waals surface area contributed by atoms with Crippen LogP contribution in [0.4, 0.5) is 0 Å². The van der Waals surface area contributed by atoms with Crippen molar-refractivity contribution in [3.8, 4) is 11.5 Å². The van der Waals surface area contributed by atoms with Crippen molar-refractivity contribution < 1.29 is 7.80 Å². The predicted octanol–water partition coefficient (Wildman–Crippen LogP) is 4.35. The van der Waals surface area contributed by atoms with E-state index in [4.69, 9.17) is 7.80 Å². The summed E-state index contributed by atoms with van der Waals surface area (Å²) in [6.45, 7) is 2.69. The Morgan fingerprint density at radius 2 is 1.78 bits per heavy atom. The van der Waals surface area contributed by atoms with Gasteiger partial charge in [0, 0.05) is 6.42 Å². The largest absolute Gasteiger partial charge is 0.489 e. The smallest absolute Gasteiger partial charge is 0.192 e. The fraction of sp³-hybridized carbons (Fsp3) is 0.200. The lowest BCUT2D eigenvalue weighted by atomic mass is 10.2. The molecule has 0 aromatic heterocycles. The predicted molar refractivity (Wildman–Crippen MR) is 81.5 cm³/mol. The van der Waals surface area contributed by atoms with Gasteiger partial charge in [0.05, 0.1) is 6.61 Å². The van der Waals surface area contributed by atoms with Gasteiger partial charge in [-0.25, -0.2) is 0 Å². The van der Waals surface area contributed by atoms with E-state index in [1.54, 1.807) is 0 Å². The number of rotatable bonds is 5. The van der Waals surface area contributed by atoms with E-state index in [1.807, 2.05) is 66.3 Å². The van der Waals surface area contributed by atoms with E-state index >= 15 is 0 Å². The molecule has 0 bridgehead atoms. The molecule has 2 aromatic carbocycles. The fourth-order valence-electron chi connectivity index (χ4n) is 1.72. The van der Waals surface area contributed by atoms with Gasteiger partial charge in [0.1, 0.15) is 0 Å². The molecule has 0 amide bonds. The SMILES string of the molecule is Cc1ccc(OCCc2ccccc2)c(OI)c1. The molecule has 0 fully saturated rings. The molecule has 0 heterocycles. The minimum absolute atomic E-state index is 0.653. The Balaban J connectivity index is 1.94. The second kappa shape index (κ2) is 6.64. The first-order valence-electron chi connectivity index (χ1n) is 5.85. The van der Waals surface area contributed by atoms with Crippen molar-refractivity contribution in [3.63, 3.8) is 0 Å². The molecule has 2 aromatic rings. The first-order chi connectivity index (χ1) is 8.79. The molecule has 2 nitrogen and oxygen atoms in total. The highest BCUT2D eigenvalue weighted by Crippen LogP contribution is 2.29. The summed E-state index contributed by atoms with van der Waals surface area (Å²) in [5.74, 6) is 1.58. The van der Waals surface area contributed by atoms with E-state index in [9.17, 15) is 0 Å². The van der Waals surface area contributed by atoms with Crippen LogP contribution in [0.2, 0.25) is 0 Å². The van der Waals surface area contributed by atoms with Gasteiger partial charge >= 0.3 is 0 Å². The van der Waals surface area contributed by atoms with E-state index in [2.05, 4.69) is 12.1 Å². The highest BCUT2D eigenvalue weighted by molar-refractivity contribution is 14.1. The molecule has 0 aliphatic heterocycles. The van der Waals surface area contributed by atoms with Crippen LogP contribution < -0.4 is 7.80 Å². The Morgan fingerprint density at radius 1 is 1.00 bits per heavy atom. The monoisotopic (exact) mass is 354 g/mol. The van der Waals surface area contributed by atoms with E-state index in [1.165, 1.54) is 5.56 Å². The van der Waals surface area contributed by atoms with Crippen LogP contribution in [-0.2, 0) is 6.42 Å². The van der Waals surface area contributed by atoms with Gasteiger partial charge in [0.2, 0.25) is 0 Å². The van der Waals surface area contributed by atoms with Crippen molar-refractivity contribution in [3.05, 3.63) is 59.7 Å². The van der Waals surface area contributed by atoms with Crippen LogP contribution in [0.5, 0.6) is 11.5 Å². The number of halogens is 1. The molecular weight excluding hydrogens is 339 g/mol. The van der Waals surface area contributed by atoms with E-state index < -0.39 is 0 Å². The Labute approximate surface area is 122 Å². The fourth-order valence-corrected chi connectivity index (χ4v) is 2.06. The second-order valence-electron chi connectivity index (χ2n) is 4.11. The minimum atomic E-state index is 0.653. The Morgan fingerprint density at radius 3 is 2.50 bits per heavy atom. The zero-order valence-corrected chi connectivity index (χ0v) is 12.4. The molecule has 3 heteroatoms. The van der Waals surface area contributed by atoms with Crippen molar-refractivity contribution in [2.45, 2.75) is 13.3 Å². The number of benzene rings is 2. The number of hydrogen-bond acceptors (Lipinski definition) is 2. The molecule has 94 valence electrons. The summed E-state index contributed by atoms with van der Waals surface area (Å²) >= 11 is 1.88. The summed E-state index contributed by atoms with van der Waals surface area (Å²) in [4.78, 5) is 0. The topological polar surface area (TPSA) is 18.5 Å². The Bertz CT molecular complexity index is 497. The maximum absolute atomic E-state index is 5.76. The lowest BCUT2D eigenvalue weighted by Crippen LogP contribution is -2.02. The van der Waals surface area contributed by atoms with Crippen molar-refractivity contribution >= 4 is 23.0 Å². The van der Waals surface area contributed by atoms with Crippen LogP contribution in [0.1, 0.15) is 11.1 Å². The molecule has 0 saturated heterocycles. The average molecular weight is 354 g/mol. The molecule has 0 aliphatic carbocycles. The number of ether oxygens (including phenoxy) is 1. The molecular formula is C15H15IO2. The van der Waals surface area contributed by atoms with E-state index in [0.29, 0.717) is 6.61 Å². The molecule has 0 spiro atoms. The third kappa shape index (κ3) is 3.63. The van der Waals surface area contributed by atoms with Crippen LogP contribution in [0.3, 0.4) is 0 Å². The van der Waals surface area contributed by atoms with Crippen LogP contribution >= 0.6 is 23.0 Å². The molecule has 0 radical (unpaired) electrons. The summed E-state index contributed by atoms with van der Waals surface area (Å²) in [6.07, 6.45) is 0.898. The van der Waals surface area contributed by atoms with Crippen molar-refractivity contribution in [2.24, 2.45) is 0 Å². The van der Waals surface area contributed by atoms with Crippen molar-refractivity contribution in [1.82, 2.24) is 0 Å². The van der Waals surface area contributed by atoms with E-state index in [-0.39, 0.29) is 0 Å². The van der Waals surface area contributed by atoms with Gasteiger partial charge in [-0.05, 0) is 30.2 Å². The summed E-state index contributed by atoms with van der Waals surface area (Å²) in [5.41, 5.74) is 2.44. The number of hydrogen-bond donors (Lipinski definition) is 0. The van der Waals surface area contributed by atoms with Gasteiger partial charge < -0.3 is 7.80 Å². The first kappa shape index (κ1) is 13.2. The second-order valence-corrected chi connectivity index (χ2v) is 4.55. The van der Waals surface area contributed by atoms with Crippen LogP contribution in [0.15, 0.2) is 48.5 Å². The quantitative estimate of drug-likeness (QED) is 0.744. The molecule has 18 heavy (non-hydrogen) atoms. The summed E-state index contributed by atoms with van der Waals surface area (Å²) < 4.78 is 11.0. The van der Waals surface area contributed by atoms with Gasteiger partial charge in [0.25, 0.3) is 0 Å². The van der Waals surface area contributed by atoms with Crippen LogP contribution in [-0.4, -0.2) is 6.61 Å². The normalized spacial score (nSPS) is 10.1. The first-order valence-corrected chi connectivity index (χ1v) is 6.73. The van der Waals surface area contributed by atoms with Gasteiger partial charge in [-0.1, -0.05) is 36.4 Å². The maximum Gasteiger partial charge on any atom is 0.192 e. The molecule has 0 atom stereocenters. The van der Waals surface area contributed by atoms with Crippen LogP contribution in [0.25, 0.3) is 0 Å². The average Bonchev–Trinajstić information content (AvgIpc) is 2.41. The van der Waals surface area contributed by atoms with Gasteiger partial charge in [-0.3, -0.25) is 0 Å². The van der Waals surface area contributed by atoms with Gasteiger partial charge in [-0.2, -0.15) is 0 Å². The molecule has 2 rings (SSSR count). The van der Waals surface area contributed by atoms with Crippen LogP contribution in [0, 0.1) is 6.92 Å². The Hall–Kier alpha value is -1.23. The molecule has 0 aliphatic rings. The molecule has 0 saturated carbocycles. The molecule has 0 unspecified atom stereocenters. The summed E-state index contributed by atoms with van der Waals surface area (Å²) in [6, 6.07) is 16.3. The molecule has 0 N–H and O–H groups in total. The zero-order chi connectivity index (χ0) is 12.8. The summed E-state index contributed by atoms with van der Waals surface area (Å²) in [7, 11) is 0.